The predicted molar refractivity (Wildman–Crippen MR) is 99.7 cm³/mol. The van der Waals surface area contributed by atoms with Crippen molar-refractivity contribution in [2.24, 2.45) is 0 Å². The van der Waals surface area contributed by atoms with Gasteiger partial charge in [-0.05, 0) is 19.8 Å². The zero-order valence-electron chi connectivity index (χ0n) is 15.1. The Kier molecular flexibility index (Phi) is 7.35. The molecule has 6 nitrogen and oxygen atoms in total. The summed E-state index contributed by atoms with van der Waals surface area (Å²) in [5.74, 6) is 0.990. The summed E-state index contributed by atoms with van der Waals surface area (Å²) in [5.41, 5.74) is 1.24. The highest BCUT2D eigenvalue weighted by atomic mass is 16.5. The molecule has 2 rings (SSSR count). The lowest BCUT2D eigenvalue weighted by Gasteiger charge is -2.14. The third-order valence-corrected chi connectivity index (χ3v) is 3.81. The lowest BCUT2D eigenvalue weighted by Crippen LogP contribution is -2.27. The van der Waals surface area contributed by atoms with Crippen LogP contribution in [0.5, 0.6) is 0 Å². The SMILES string of the molecule is CCC(C)Nc1cc(C(=O)NCCCOC)nc(-c2ccccc2)n1. The van der Waals surface area contributed by atoms with Crippen LogP contribution in [0.15, 0.2) is 36.4 Å². The molecule has 1 aromatic carbocycles. The highest BCUT2D eigenvalue weighted by Gasteiger charge is 2.13. The minimum atomic E-state index is -0.206. The maximum Gasteiger partial charge on any atom is 0.270 e. The van der Waals surface area contributed by atoms with Gasteiger partial charge in [0.2, 0.25) is 0 Å². The molecule has 134 valence electrons. The molecule has 25 heavy (non-hydrogen) atoms. The van der Waals surface area contributed by atoms with Crippen molar-refractivity contribution in [1.82, 2.24) is 15.3 Å². The molecular formula is C19H26N4O2. The molecule has 2 aromatic rings. The van der Waals surface area contributed by atoms with Crippen LogP contribution < -0.4 is 10.6 Å². The molecule has 0 aliphatic heterocycles. The van der Waals surface area contributed by atoms with Gasteiger partial charge in [-0.15, -0.1) is 0 Å². The van der Waals surface area contributed by atoms with Crippen LogP contribution in [0.1, 0.15) is 37.2 Å². The molecule has 0 aliphatic rings. The van der Waals surface area contributed by atoms with Gasteiger partial charge in [0.05, 0.1) is 0 Å². The van der Waals surface area contributed by atoms with Crippen molar-refractivity contribution < 1.29 is 9.53 Å². The fourth-order valence-electron chi connectivity index (χ4n) is 2.22. The number of benzene rings is 1. The van der Waals surface area contributed by atoms with Crippen molar-refractivity contribution in [3.8, 4) is 11.4 Å². The van der Waals surface area contributed by atoms with Crippen molar-refractivity contribution in [2.75, 3.05) is 25.6 Å². The van der Waals surface area contributed by atoms with Gasteiger partial charge in [-0.3, -0.25) is 4.79 Å². The van der Waals surface area contributed by atoms with Gasteiger partial charge in [0.15, 0.2) is 5.82 Å². The highest BCUT2D eigenvalue weighted by Crippen LogP contribution is 2.18. The zero-order valence-corrected chi connectivity index (χ0v) is 15.1. The molecule has 1 heterocycles. The number of carbonyl (C=O) groups excluding carboxylic acids is 1. The van der Waals surface area contributed by atoms with E-state index >= 15 is 0 Å². The molecule has 1 atom stereocenters. The second kappa shape index (κ2) is 9.74. The van der Waals surface area contributed by atoms with Crippen LogP contribution in [0.3, 0.4) is 0 Å². The highest BCUT2D eigenvalue weighted by molar-refractivity contribution is 5.93. The topological polar surface area (TPSA) is 76.1 Å². The predicted octanol–water partition coefficient (Wildman–Crippen LogP) is 3.12. The largest absolute Gasteiger partial charge is 0.385 e. The number of anilines is 1. The molecule has 6 heteroatoms. The molecule has 0 saturated heterocycles. The molecule has 0 fully saturated rings. The van der Waals surface area contributed by atoms with E-state index in [1.54, 1.807) is 13.2 Å². The lowest BCUT2D eigenvalue weighted by molar-refractivity contribution is 0.0943. The Balaban J connectivity index is 2.25. The smallest absolute Gasteiger partial charge is 0.270 e. The normalized spacial score (nSPS) is 11.8. The van der Waals surface area contributed by atoms with Crippen LogP contribution in [-0.2, 0) is 4.74 Å². The number of aromatic nitrogens is 2. The summed E-state index contributed by atoms with van der Waals surface area (Å²) >= 11 is 0. The summed E-state index contributed by atoms with van der Waals surface area (Å²) in [6.45, 7) is 5.33. The van der Waals surface area contributed by atoms with Crippen molar-refractivity contribution in [1.29, 1.82) is 0 Å². The van der Waals surface area contributed by atoms with Gasteiger partial charge >= 0.3 is 0 Å². The first-order valence-corrected chi connectivity index (χ1v) is 8.62. The second-order valence-electron chi connectivity index (χ2n) is 5.88. The van der Waals surface area contributed by atoms with Crippen LogP contribution in [0.25, 0.3) is 11.4 Å². The summed E-state index contributed by atoms with van der Waals surface area (Å²) in [6.07, 6.45) is 1.72. The number of nitrogens with one attached hydrogen (secondary N) is 2. The Labute approximate surface area is 149 Å². The molecule has 1 aromatic heterocycles. The van der Waals surface area contributed by atoms with Crippen molar-refractivity contribution in [3.63, 3.8) is 0 Å². The van der Waals surface area contributed by atoms with Crippen LogP contribution in [0.4, 0.5) is 5.82 Å². The number of hydrogen-bond acceptors (Lipinski definition) is 5. The molecule has 0 saturated carbocycles. The Hall–Kier alpha value is -2.47. The standard InChI is InChI=1S/C19H26N4O2/c1-4-14(2)21-17-13-16(19(24)20-11-8-12-25-3)22-18(23-17)15-9-6-5-7-10-15/h5-7,9-10,13-14H,4,8,11-12H2,1-3H3,(H,20,24)(H,21,22,23). The Morgan fingerprint density at radius 3 is 2.68 bits per heavy atom. The van der Waals surface area contributed by atoms with E-state index in [1.807, 2.05) is 30.3 Å². The fraction of sp³-hybridized carbons (Fsp3) is 0.421. The average Bonchev–Trinajstić information content (AvgIpc) is 2.65. The quantitative estimate of drug-likeness (QED) is 0.685. The summed E-state index contributed by atoms with van der Waals surface area (Å²) in [6, 6.07) is 11.6. The maximum absolute atomic E-state index is 12.4. The van der Waals surface area contributed by atoms with E-state index in [1.165, 1.54) is 0 Å². The number of ether oxygens (including phenoxy) is 1. The van der Waals surface area contributed by atoms with E-state index in [2.05, 4.69) is 34.4 Å². The molecule has 1 amide bonds. The second-order valence-corrected chi connectivity index (χ2v) is 5.88. The monoisotopic (exact) mass is 342 g/mol. The first-order valence-electron chi connectivity index (χ1n) is 8.62. The van der Waals surface area contributed by atoms with Crippen LogP contribution in [0.2, 0.25) is 0 Å². The van der Waals surface area contributed by atoms with Gasteiger partial charge in [-0.25, -0.2) is 9.97 Å². The maximum atomic E-state index is 12.4. The van der Waals surface area contributed by atoms with E-state index in [4.69, 9.17) is 4.74 Å². The number of methoxy groups -OCH3 is 1. The van der Waals surface area contributed by atoms with Gasteiger partial charge in [0, 0.05) is 37.9 Å². The summed E-state index contributed by atoms with van der Waals surface area (Å²) in [5, 5.41) is 6.19. The van der Waals surface area contributed by atoms with Gasteiger partial charge < -0.3 is 15.4 Å². The van der Waals surface area contributed by atoms with Gasteiger partial charge in [0.1, 0.15) is 11.5 Å². The molecule has 2 N–H and O–H groups in total. The van der Waals surface area contributed by atoms with Gasteiger partial charge in [-0.1, -0.05) is 37.3 Å². The molecular weight excluding hydrogens is 316 g/mol. The molecule has 0 radical (unpaired) electrons. The molecule has 0 aliphatic carbocycles. The lowest BCUT2D eigenvalue weighted by atomic mass is 10.2. The van der Waals surface area contributed by atoms with Gasteiger partial charge in [0.25, 0.3) is 5.91 Å². The Bertz CT molecular complexity index is 676. The Morgan fingerprint density at radius 1 is 1.24 bits per heavy atom. The van der Waals surface area contributed by atoms with Crippen LogP contribution in [-0.4, -0.2) is 42.2 Å². The molecule has 0 bridgehead atoms. The Morgan fingerprint density at radius 2 is 2.00 bits per heavy atom. The number of rotatable bonds is 9. The first kappa shape index (κ1) is 18.9. The number of nitrogens with zero attached hydrogens (tertiary/aromatic N) is 2. The summed E-state index contributed by atoms with van der Waals surface area (Å²) < 4.78 is 4.99. The first-order chi connectivity index (χ1) is 12.1. The minimum Gasteiger partial charge on any atom is -0.385 e. The molecule has 0 spiro atoms. The summed E-state index contributed by atoms with van der Waals surface area (Å²) in [7, 11) is 1.64. The number of amides is 1. The summed E-state index contributed by atoms with van der Waals surface area (Å²) in [4.78, 5) is 21.4. The average molecular weight is 342 g/mol. The molecule has 1 unspecified atom stereocenters. The van der Waals surface area contributed by atoms with E-state index < -0.39 is 0 Å². The van der Waals surface area contributed by atoms with Crippen LogP contribution in [0, 0.1) is 0 Å². The third kappa shape index (κ3) is 5.83. The van der Waals surface area contributed by atoms with E-state index in [0.717, 1.165) is 18.4 Å². The number of carbonyl (C=O) groups is 1. The van der Waals surface area contributed by atoms with Crippen molar-refractivity contribution in [2.45, 2.75) is 32.7 Å². The van der Waals surface area contributed by atoms with Crippen molar-refractivity contribution >= 4 is 11.7 Å². The van der Waals surface area contributed by atoms with Crippen molar-refractivity contribution in [3.05, 3.63) is 42.1 Å². The van der Waals surface area contributed by atoms with E-state index in [9.17, 15) is 4.79 Å². The zero-order chi connectivity index (χ0) is 18.1. The minimum absolute atomic E-state index is 0.206. The van der Waals surface area contributed by atoms with Gasteiger partial charge in [-0.2, -0.15) is 0 Å². The number of hydrogen-bond donors (Lipinski definition) is 2. The van der Waals surface area contributed by atoms with E-state index in [0.29, 0.717) is 30.5 Å². The van der Waals surface area contributed by atoms with Crippen LogP contribution >= 0.6 is 0 Å². The third-order valence-electron chi connectivity index (χ3n) is 3.81. The van der Waals surface area contributed by atoms with E-state index in [-0.39, 0.29) is 11.9 Å². The fourth-order valence-corrected chi connectivity index (χ4v) is 2.22.